The number of rotatable bonds is 2. The molecule has 0 fully saturated rings. The number of amides is 2. The van der Waals surface area contributed by atoms with Crippen molar-refractivity contribution in [2.75, 3.05) is 32.8 Å². The molecule has 0 unspecified atom stereocenters. The molecule has 30 heavy (non-hydrogen) atoms. The molecule has 0 atom stereocenters. The number of aldehydes is 1. The number of carbonyl (C=O) groups excluding carboxylic acids is 3. The van der Waals surface area contributed by atoms with Crippen LogP contribution in [0.15, 0.2) is 23.3 Å². The monoisotopic (exact) mass is 424 g/mol. The highest BCUT2D eigenvalue weighted by atomic mass is 16.6. The second-order valence-electron chi connectivity index (χ2n) is 9.30. The summed E-state index contributed by atoms with van der Waals surface area (Å²) in [7, 11) is 0. The maximum absolute atomic E-state index is 11.7. The molecule has 1 N–H and O–H groups in total. The predicted molar refractivity (Wildman–Crippen MR) is 114 cm³/mol. The average molecular weight is 425 g/mol. The van der Waals surface area contributed by atoms with E-state index in [1.54, 1.807) is 9.80 Å². The van der Waals surface area contributed by atoms with Gasteiger partial charge in [-0.15, -0.1) is 0 Å². The minimum atomic E-state index is -0.487. The van der Waals surface area contributed by atoms with Crippen molar-refractivity contribution in [1.29, 1.82) is 0 Å². The van der Waals surface area contributed by atoms with Crippen LogP contribution in [-0.2, 0) is 14.3 Å². The van der Waals surface area contributed by atoms with E-state index in [0.717, 1.165) is 18.3 Å². The third-order valence-electron chi connectivity index (χ3n) is 4.06. The van der Waals surface area contributed by atoms with Crippen LogP contribution in [-0.4, -0.2) is 77.4 Å². The van der Waals surface area contributed by atoms with Crippen LogP contribution in [0.3, 0.4) is 0 Å². The summed E-state index contributed by atoms with van der Waals surface area (Å²) in [4.78, 5) is 37.0. The molecule has 0 saturated carbocycles. The standard InChI is InChI=1S/C11H19NO3.C11H17NO3/c2*1-11(2,3)15-10(14)12-6-4-5-9(7-12)8-13/h5,13H,4,6-8H2,1-3H3;5,8H,4,6-7H2,1-3H3. The number of aliphatic hydroxyl groups is 1. The van der Waals surface area contributed by atoms with Crippen molar-refractivity contribution in [1.82, 2.24) is 9.80 Å². The van der Waals surface area contributed by atoms with Gasteiger partial charge in [-0.05, 0) is 60.0 Å². The molecular formula is C22H36N2O6. The van der Waals surface area contributed by atoms with Gasteiger partial charge in [0.15, 0.2) is 0 Å². The first-order valence-electron chi connectivity index (χ1n) is 10.2. The van der Waals surface area contributed by atoms with Crippen LogP contribution < -0.4 is 0 Å². The summed E-state index contributed by atoms with van der Waals surface area (Å²) in [6, 6.07) is 0. The van der Waals surface area contributed by atoms with Crippen molar-refractivity contribution in [2.45, 2.75) is 65.6 Å². The van der Waals surface area contributed by atoms with E-state index in [0.29, 0.717) is 38.2 Å². The van der Waals surface area contributed by atoms with Gasteiger partial charge < -0.3 is 24.4 Å². The third kappa shape index (κ3) is 9.91. The number of hydrogen-bond acceptors (Lipinski definition) is 6. The van der Waals surface area contributed by atoms with Gasteiger partial charge >= 0.3 is 12.2 Å². The minimum Gasteiger partial charge on any atom is -0.444 e. The van der Waals surface area contributed by atoms with E-state index in [1.807, 2.05) is 53.7 Å². The van der Waals surface area contributed by atoms with E-state index in [4.69, 9.17) is 14.6 Å². The molecule has 8 heteroatoms. The van der Waals surface area contributed by atoms with Gasteiger partial charge in [-0.25, -0.2) is 9.59 Å². The Morgan fingerprint density at radius 3 is 1.83 bits per heavy atom. The molecule has 0 bridgehead atoms. The van der Waals surface area contributed by atoms with Gasteiger partial charge in [0, 0.05) is 25.2 Å². The maximum atomic E-state index is 11.7. The summed E-state index contributed by atoms with van der Waals surface area (Å²) in [6.45, 7) is 13.1. The highest BCUT2D eigenvalue weighted by Crippen LogP contribution is 2.15. The third-order valence-corrected chi connectivity index (χ3v) is 4.06. The first kappa shape index (κ1) is 25.7. The highest BCUT2D eigenvalue weighted by molar-refractivity contribution is 5.77. The van der Waals surface area contributed by atoms with Gasteiger partial charge in [0.1, 0.15) is 17.5 Å². The Bertz CT molecular complexity index is 670. The first-order chi connectivity index (χ1) is 13.8. The van der Waals surface area contributed by atoms with Crippen molar-refractivity contribution < 1.29 is 29.0 Å². The second kappa shape index (κ2) is 11.2. The van der Waals surface area contributed by atoms with Crippen molar-refractivity contribution in [2.24, 2.45) is 0 Å². The second-order valence-corrected chi connectivity index (χ2v) is 9.30. The maximum Gasteiger partial charge on any atom is 0.410 e. The lowest BCUT2D eigenvalue weighted by atomic mass is 10.1. The number of nitrogens with zero attached hydrogens (tertiary/aromatic N) is 2. The zero-order valence-corrected chi connectivity index (χ0v) is 19.1. The summed E-state index contributed by atoms with van der Waals surface area (Å²) in [5, 5.41) is 8.98. The molecule has 170 valence electrons. The van der Waals surface area contributed by atoms with Gasteiger partial charge in [0.25, 0.3) is 0 Å². The van der Waals surface area contributed by atoms with Crippen LogP contribution in [0.1, 0.15) is 54.4 Å². The summed E-state index contributed by atoms with van der Waals surface area (Å²) < 4.78 is 10.5. The topological polar surface area (TPSA) is 96.4 Å². The Hall–Kier alpha value is -2.35. The Morgan fingerprint density at radius 1 is 0.933 bits per heavy atom. The van der Waals surface area contributed by atoms with Crippen LogP contribution in [0.25, 0.3) is 0 Å². The molecule has 0 aliphatic carbocycles. The molecule has 0 spiro atoms. The van der Waals surface area contributed by atoms with Crippen LogP contribution in [0.4, 0.5) is 9.59 Å². The Kier molecular flexibility index (Phi) is 9.55. The largest absolute Gasteiger partial charge is 0.444 e. The molecule has 0 saturated heterocycles. The van der Waals surface area contributed by atoms with Gasteiger partial charge in [0.05, 0.1) is 13.2 Å². The summed E-state index contributed by atoms with van der Waals surface area (Å²) in [5.74, 6) is 0. The quantitative estimate of drug-likeness (QED) is 0.540. The van der Waals surface area contributed by atoms with Gasteiger partial charge in [-0.3, -0.25) is 4.79 Å². The van der Waals surface area contributed by atoms with E-state index in [-0.39, 0.29) is 18.8 Å². The minimum absolute atomic E-state index is 0.0132. The molecule has 2 amide bonds. The summed E-state index contributed by atoms with van der Waals surface area (Å²) in [5.41, 5.74) is 0.580. The molecular weight excluding hydrogens is 388 g/mol. The molecule has 0 aromatic rings. The van der Waals surface area contributed by atoms with Gasteiger partial charge in [0.2, 0.25) is 0 Å². The molecule has 2 aliphatic rings. The van der Waals surface area contributed by atoms with Crippen molar-refractivity contribution in [3.05, 3.63) is 23.3 Å². The average Bonchev–Trinajstić information content (AvgIpc) is 2.66. The molecule has 0 aromatic heterocycles. The molecule has 8 nitrogen and oxygen atoms in total. The molecule has 2 rings (SSSR count). The van der Waals surface area contributed by atoms with Crippen molar-refractivity contribution in [3.63, 3.8) is 0 Å². The lowest BCUT2D eigenvalue weighted by Gasteiger charge is -2.29. The lowest BCUT2D eigenvalue weighted by Crippen LogP contribution is -2.40. The first-order valence-corrected chi connectivity index (χ1v) is 10.2. The lowest BCUT2D eigenvalue weighted by molar-refractivity contribution is -0.105. The summed E-state index contributed by atoms with van der Waals surface area (Å²) in [6.07, 6.45) is 5.46. The van der Waals surface area contributed by atoms with Gasteiger partial charge in [-0.1, -0.05) is 12.2 Å². The zero-order chi connectivity index (χ0) is 22.9. The fraction of sp³-hybridized carbons (Fsp3) is 0.682. The highest BCUT2D eigenvalue weighted by Gasteiger charge is 2.25. The van der Waals surface area contributed by atoms with E-state index < -0.39 is 11.2 Å². The van der Waals surface area contributed by atoms with Crippen LogP contribution in [0.2, 0.25) is 0 Å². The van der Waals surface area contributed by atoms with Crippen molar-refractivity contribution >= 4 is 18.5 Å². The van der Waals surface area contributed by atoms with E-state index in [9.17, 15) is 14.4 Å². The SMILES string of the molecule is CC(C)(C)OC(=O)N1CCC=C(C=O)C1.CC(C)(C)OC(=O)N1CCC=C(CO)C1. The number of carbonyl (C=O) groups is 3. The fourth-order valence-corrected chi connectivity index (χ4v) is 2.75. The van der Waals surface area contributed by atoms with E-state index in [1.165, 1.54) is 0 Å². The van der Waals surface area contributed by atoms with E-state index in [2.05, 4.69) is 0 Å². The molecule has 2 aliphatic heterocycles. The Labute approximate surface area is 179 Å². The van der Waals surface area contributed by atoms with Crippen LogP contribution in [0, 0.1) is 0 Å². The van der Waals surface area contributed by atoms with Crippen LogP contribution in [0.5, 0.6) is 0 Å². The predicted octanol–water partition coefficient (Wildman–Crippen LogP) is 3.30. The van der Waals surface area contributed by atoms with E-state index >= 15 is 0 Å². The number of hydrogen-bond donors (Lipinski definition) is 1. The smallest absolute Gasteiger partial charge is 0.410 e. The Morgan fingerprint density at radius 2 is 1.40 bits per heavy atom. The summed E-state index contributed by atoms with van der Waals surface area (Å²) >= 11 is 0. The van der Waals surface area contributed by atoms with Crippen molar-refractivity contribution in [3.8, 4) is 0 Å². The zero-order valence-electron chi connectivity index (χ0n) is 19.1. The van der Waals surface area contributed by atoms with Crippen LogP contribution >= 0.6 is 0 Å². The molecule has 0 radical (unpaired) electrons. The Balaban J connectivity index is 0.000000300. The molecule has 2 heterocycles. The fourth-order valence-electron chi connectivity index (χ4n) is 2.75. The number of aliphatic hydroxyl groups excluding tert-OH is 1. The molecule has 0 aromatic carbocycles. The van der Waals surface area contributed by atoms with Gasteiger partial charge in [-0.2, -0.15) is 0 Å². The number of ether oxygens (including phenoxy) is 2. The normalized spacial score (nSPS) is 17.2.